The molecule has 2 unspecified atom stereocenters. The minimum absolute atomic E-state index is 0.596. The fourth-order valence-electron chi connectivity index (χ4n) is 3.11. The van der Waals surface area contributed by atoms with Gasteiger partial charge in [0.25, 0.3) is 0 Å². The molecule has 0 spiro atoms. The van der Waals surface area contributed by atoms with Gasteiger partial charge in [-0.25, -0.2) is 0 Å². The first-order valence-electron chi connectivity index (χ1n) is 7.25. The second-order valence-electron chi connectivity index (χ2n) is 6.08. The zero-order chi connectivity index (χ0) is 11.7. The van der Waals surface area contributed by atoms with Crippen LogP contribution in [0.1, 0.15) is 51.9 Å². The van der Waals surface area contributed by atoms with Gasteiger partial charge < -0.3 is 5.32 Å². The van der Waals surface area contributed by atoms with E-state index in [1.54, 1.807) is 0 Å². The van der Waals surface area contributed by atoms with Crippen LogP contribution in [-0.4, -0.2) is 23.5 Å². The first kappa shape index (κ1) is 11.9. The third-order valence-corrected chi connectivity index (χ3v) is 6.03. The molecule has 1 heterocycles. The maximum Gasteiger partial charge on any atom is 0.156 e. The zero-order valence-electron chi connectivity index (χ0n) is 10.9. The van der Waals surface area contributed by atoms with Crippen LogP contribution < -0.4 is 5.32 Å². The summed E-state index contributed by atoms with van der Waals surface area (Å²) in [6.07, 6.45) is 9.74. The van der Waals surface area contributed by atoms with Crippen LogP contribution in [0.2, 0.25) is 0 Å². The summed E-state index contributed by atoms with van der Waals surface area (Å²) in [4.78, 5) is 4.85. The largest absolute Gasteiger partial charge is 0.362 e. The van der Waals surface area contributed by atoms with E-state index in [9.17, 15) is 0 Å². The maximum absolute atomic E-state index is 4.85. The third kappa shape index (κ3) is 2.64. The Bertz CT molecular complexity index is 309. The van der Waals surface area contributed by atoms with Gasteiger partial charge in [-0.2, -0.15) is 0 Å². The molecule has 0 aromatic heterocycles. The Morgan fingerprint density at radius 1 is 1.35 bits per heavy atom. The van der Waals surface area contributed by atoms with Gasteiger partial charge in [0.05, 0.1) is 0 Å². The Kier molecular flexibility index (Phi) is 3.38. The van der Waals surface area contributed by atoms with E-state index in [0.717, 1.165) is 18.5 Å². The Hall–Kier alpha value is -0.180. The molecular formula is C14H24N2S. The molecule has 96 valence electrons. The second-order valence-corrected chi connectivity index (χ2v) is 7.09. The van der Waals surface area contributed by atoms with Crippen LogP contribution >= 0.6 is 11.8 Å². The number of nitrogens with zero attached hydrogens (tertiary/aromatic N) is 1. The molecule has 3 rings (SSSR count). The van der Waals surface area contributed by atoms with Gasteiger partial charge >= 0.3 is 0 Å². The molecule has 0 radical (unpaired) electrons. The molecule has 3 aliphatic rings. The van der Waals surface area contributed by atoms with Crippen LogP contribution in [0.3, 0.4) is 0 Å². The van der Waals surface area contributed by atoms with Crippen LogP contribution in [0.5, 0.6) is 0 Å². The number of hydrogen-bond acceptors (Lipinski definition) is 2. The third-order valence-electron chi connectivity index (χ3n) is 4.92. The van der Waals surface area contributed by atoms with Gasteiger partial charge in [0, 0.05) is 18.3 Å². The summed E-state index contributed by atoms with van der Waals surface area (Å²) < 4.78 is 0. The molecule has 2 nitrogen and oxygen atoms in total. The summed E-state index contributed by atoms with van der Waals surface area (Å²) >= 11 is 1.97. The monoisotopic (exact) mass is 252 g/mol. The van der Waals surface area contributed by atoms with Crippen LogP contribution in [0.15, 0.2) is 4.99 Å². The molecule has 17 heavy (non-hydrogen) atoms. The van der Waals surface area contributed by atoms with Crippen molar-refractivity contribution in [2.75, 3.05) is 12.3 Å². The lowest BCUT2D eigenvalue weighted by atomic mass is 9.86. The highest BCUT2D eigenvalue weighted by molar-refractivity contribution is 8.13. The molecule has 2 saturated carbocycles. The van der Waals surface area contributed by atoms with Crippen molar-refractivity contribution < 1.29 is 0 Å². The molecule has 3 fully saturated rings. The molecule has 0 aromatic rings. The second kappa shape index (κ2) is 4.83. The van der Waals surface area contributed by atoms with Crippen molar-refractivity contribution in [2.45, 2.75) is 57.9 Å². The van der Waals surface area contributed by atoms with E-state index in [-0.39, 0.29) is 0 Å². The quantitative estimate of drug-likeness (QED) is 0.832. The molecule has 1 saturated heterocycles. The standard InChI is InChI=1S/C14H24N2S/c1-2-14(7-8-14)10-15-13-16-12-6-4-3-5-11(12)9-17-13/h11-12H,2-10H2,1H3,(H,15,16). The Balaban J connectivity index is 1.56. The topological polar surface area (TPSA) is 24.4 Å². The van der Waals surface area contributed by atoms with Gasteiger partial charge in [-0.1, -0.05) is 31.5 Å². The van der Waals surface area contributed by atoms with E-state index in [1.165, 1.54) is 55.9 Å². The fraction of sp³-hybridized carbons (Fsp3) is 0.929. The summed E-state index contributed by atoms with van der Waals surface area (Å²) in [6.45, 7) is 3.38. The summed E-state index contributed by atoms with van der Waals surface area (Å²) in [6, 6.07) is 0.737. The molecule has 1 N–H and O–H groups in total. The van der Waals surface area contributed by atoms with Gasteiger partial charge in [-0.05, 0) is 43.4 Å². The predicted octanol–water partition coefficient (Wildman–Crippen LogP) is 3.43. The van der Waals surface area contributed by atoms with Gasteiger partial charge in [0.2, 0.25) is 0 Å². The number of thioether (sulfide) groups is 1. The normalized spacial score (nSPS) is 37.4. The predicted molar refractivity (Wildman–Crippen MR) is 75.6 cm³/mol. The molecule has 2 aliphatic carbocycles. The number of aliphatic imine (C=N–C) groups is 1. The van der Waals surface area contributed by atoms with Gasteiger partial charge in [-0.3, -0.25) is 4.99 Å². The number of amidine groups is 1. The van der Waals surface area contributed by atoms with Gasteiger partial charge in [-0.15, -0.1) is 0 Å². The van der Waals surface area contributed by atoms with E-state index in [1.807, 2.05) is 11.8 Å². The molecule has 0 bridgehead atoms. The maximum atomic E-state index is 4.85. The summed E-state index contributed by atoms with van der Waals surface area (Å²) in [7, 11) is 0. The van der Waals surface area contributed by atoms with Gasteiger partial charge in [0.1, 0.15) is 0 Å². The molecule has 0 amide bonds. The highest BCUT2D eigenvalue weighted by atomic mass is 32.2. The average molecular weight is 252 g/mol. The number of rotatable bonds is 3. The number of nitrogens with one attached hydrogen (secondary N) is 1. The Morgan fingerprint density at radius 2 is 2.18 bits per heavy atom. The van der Waals surface area contributed by atoms with E-state index >= 15 is 0 Å². The average Bonchev–Trinajstić information content (AvgIpc) is 3.17. The SMILES string of the molecule is CCC1(CN=C2NC3CCCCC3CS2)CC1. The van der Waals surface area contributed by atoms with Crippen LogP contribution in [0.25, 0.3) is 0 Å². The van der Waals surface area contributed by atoms with E-state index in [4.69, 9.17) is 4.99 Å². The molecule has 3 heteroatoms. The molecule has 2 atom stereocenters. The number of fused-ring (bicyclic) bond motifs is 1. The van der Waals surface area contributed by atoms with Crippen molar-refractivity contribution in [1.29, 1.82) is 0 Å². The van der Waals surface area contributed by atoms with E-state index in [0.29, 0.717) is 5.41 Å². The summed E-state index contributed by atoms with van der Waals surface area (Å²) in [5, 5.41) is 4.94. The fourth-order valence-corrected chi connectivity index (χ4v) is 4.28. The molecule has 1 aliphatic heterocycles. The van der Waals surface area contributed by atoms with Crippen LogP contribution in [0.4, 0.5) is 0 Å². The number of hydrogen-bond donors (Lipinski definition) is 1. The molecule has 0 aromatic carbocycles. The Morgan fingerprint density at radius 3 is 2.94 bits per heavy atom. The van der Waals surface area contributed by atoms with Crippen molar-refractivity contribution in [3.63, 3.8) is 0 Å². The van der Waals surface area contributed by atoms with E-state index in [2.05, 4.69) is 12.2 Å². The lowest BCUT2D eigenvalue weighted by molar-refractivity contribution is 0.311. The van der Waals surface area contributed by atoms with Crippen molar-refractivity contribution in [2.24, 2.45) is 16.3 Å². The highest BCUT2D eigenvalue weighted by Crippen LogP contribution is 2.48. The molecular weight excluding hydrogens is 228 g/mol. The first-order valence-corrected chi connectivity index (χ1v) is 8.24. The Labute approximate surface area is 109 Å². The minimum Gasteiger partial charge on any atom is -0.362 e. The van der Waals surface area contributed by atoms with Crippen molar-refractivity contribution in [3.8, 4) is 0 Å². The van der Waals surface area contributed by atoms with Gasteiger partial charge in [0.15, 0.2) is 5.17 Å². The lowest BCUT2D eigenvalue weighted by Crippen LogP contribution is -2.46. The van der Waals surface area contributed by atoms with Crippen molar-refractivity contribution in [3.05, 3.63) is 0 Å². The van der Waals surface area contributed by atoms with Crippen molar-refractivity contribution in [1.82, 2.24) is 5.32 Å². The van der Waals surface area contributed by atoms with Crippen LogP contribution in [-0.2, 0) is 0 Å². The van der Waals surface area contributed by atoms with Crippen LogP contribution in [0, 0.1) is 11.3 Å². The smallest absolute Gasteiger partial charge is 0.156 e. The highest BCUT2D eigenvalue weighted by Gasteiger charge is 2.40. The summed E-state index contributed by atoms with van der Waals surface area (Å²) in [5.74, 6) is 2.21. The summed E-state index contributed by atoms with van der Waals surface area (Å²) in [5.41, 5.74) is 0.596. The lowest BCUT2D eigenvalue weighted by Gasteiger charge is -2.37. The van der Waals surface area contributed by atoms with E-state index < -0.39 is 0 Å². The zero-order valence-corrected chi connectivity index (χ0v) is 11.7. The first-order chi connectivity index (χ1) is 8.31. The van der Waals surface area contributed by atoms with Crippen molar-refractivity contribution >= 4 is 16.9 Å². The minimum atomic E-state index is 0.596.